The summed E-state index contributed by atoms with van der Waals surface area (Å²) in [7, 11) is 0. The number of carboxylic acid groups (broad SMARTS) is 1. The van der Waals surface area contributed by atoms with Crippen LogP contribution in [0.5, 0.6) is 0 Å². The molecule has 1 aromatic rings. The summed E-state index contributed by atoms with van der Waals surface area (Å²) in [5.74, 6) is -1.26. The van der Waals surface area contributed by atoms with Crippen LogP contribution in [0.15, 0.2) is 12.1 Å². The molecular weight excluding hydrogens is 296 g/mol. The number of carboxylic acids is 1. The van der Waals surface area contributed by atoms with Gasteiger partial charge in [0.25, 0.3) is 5.91 Å². The maximum Gasteiger partial charge on any atom is 0.311 e. The molecule has 1 aromatic heterocycles. The third-order valence-electron chi connectivity index (χ3n) is 3.68. The molecule has 114 valence electrons. The van der Waals surface area contributed by atoms with Crippen LogP contribution < -0.4 is 5.32 Å². The van der Waals surface area contributed by atoms with Gasteiger partial charge in [0.2, 0.25) is 0 Å². The first-order valence-corrected chi connectivity index (χ1v) is 7.04. The average Bonchev–Trinajstić information content (AvgIpc) is 2.44. The predicted molar refractivity (Wildman–Crippen MR) is 76.4 cm³/mol. The molecule has 1 saturated heterocycles. The van der Waals surface area contributed by atoms with Crippen LogP contribution >= 0.6 is 11.6 Å². The fraction of sp³-hybridized carbons (Fsp3) is 0.500. The van der Waals surface area contributed by atoms with Crippen molar-refractivity contribution in [1.82, 2.24) is 10.3 Å². The SMILES string of the molecule is Cc1cc(C(=O)NCC2(C(=O)O)CCOCC2)cc(Cl)n1. The number of halogens is 1. The molecule has 7 heteroatoms. The molecule has 1 aliphatic heterocycles. The summed E-state index contributed by atoms with van der Waals surface area (Å²) in [5.41, 5.74) is 0.0477. The van der Waals surface area contributed by atoms with E-state index in [0.29, 0.717) is 37.3 Å². The number of amides is 1. The monoisotopic (exact) mass is 312 g/mol. The summed E-state index contributed by atoms with van der Waals surface area (Å²) in [4.78, 5) is 27.6. The van der Waals surface area contributed by atoms with E-state index in [1.165, 1.54) is 6.07 Å². The van der Waals surface area contributed by atoms with Gasteiger partial charge in [-0.3, -0.25) is 9.59 Å². The number of aryl methyl sites for hydroxylation is 1. The van der Waals surface area contributed by atoms with Crippen LogP contribution in [0.2, 0.25) is 5.15 Å². The van der Waals surface area contributed by atoms with E-state index in [1.54, 1.807) is 13.0 Å². The van der Waals surface area contributed by atoms with Crippen LogP contribution in [0.1, 0.15) is 28.9 Å². The third kappa shape index (κ3) is 3.71. The second-order valence-electron chi connectivity index (χ2n) is 5.20. The quantitative estimate of drug-likeness (QED) is 0.825. The third-order valence-corrected chi connectivity index (χ3v) is 3.87. The Hall–Kier alpha value is -1.66. The Kier molecular flexibility index (Phi) is 4.80. The Morgan fingerprint density at radius 2 is 2.10 bits per heavy atom. The molecule has 0 bridgehead atoms. The van der Waals surface area contributed by atoms with E-state index in [1.807, 2.05) is 0 Å². The van der Waals surface area contributed by atoms with Crippen molar-refractivity contribution in [3.63, 3.8) is 0 Å². The molecule has 0 aromatic carbocycles. The number of hydrogen-bond acceptors (Lipinski definition) is 4. The topological polar surface area (TPSA) is 88.5 Å². The predicted octanol–water partition coefficient (Wildman–Crippen LogP) is 1.65. The van der Waals surface area contributed by atoms with Gasteiger partial charge in [-0.1, -0.05) is 11.6 Å². The largest absolute Gasteiger partial charge is 0.481 e. The van der Waals surface area contributed by atoms with Gasteiger partial charge in [-0.05, 0) is 31.9 Å². The smallest absolute Gasteiger partial charge is 0.311 e. The fourth-order valence-electron chi connectivity index (χ4n) is 2.34. The summed E-state index contributed by atoms with van der Waals surface area (Å²) < 4.78 is 5.20. The summed E-state index contributed by atoms with van der Waals surface area (Å²) >= 11 is 5.82. The van der Waals surface area contributed by atoms with Crippen LogP contribution in [0.3, 0.4) is 0 Å². The summed E-state index contributed by atoms with van der Waals surface area (Å²) in [5, 5.41) is 12.3. The van der Waals surface area contributed by atoms with E-state index < -0.39 is 11.4 Å². The van der Waals surface area contributed by atoms with Crippen LogP contribution in [-0.2, 0) is 9.53 Å². The highest BCUT2D eigenvalue weighted by molar-refractivity contribution is 6.29. The molecule has 0 saturated carbocycles. The first-order valence-electron chi connectivity index (χ1n) is 6.66. The molecule has 2 N–H and O–H groups in total. The van der Waals surface area contributed by atoms with E-state index in [0.717, 1.165) is 0 Å². The van der Waals surface area contributed by atoms with Gasteiger partial charge in [0.05, 0.1) is 5.41 Å². The summed E-state index contributed by atoms with van der Waals surface area (Å²) in [6, 6.07) is 3.07. The fourth-order valence-corrected chi connectivity index (χ4v) is 2.59. The van der Waals surface area contributed by atoms with E-state index in [4.69, 9.17) is 16.3 Å². The van der Waals surface area contributed by atoms with Gasteiger partial charge in [-0.25, -0.2) is 4.98 Å². The second kappa shape index (κ2) is 6.41. The Bertz CT molecular complexity index is 536. The molecule has 1 fully saturated rings. The molecule has 6 nitrogen and oxygen atoms in total. The standard InChI is InChI=1S/C14H17ClN2O4/c1-9-6-10(7-11(15)17-9)12(18)16-8-14(13(19)20)2-4-21-5-3-14/h6-7H,2-5,8H2,1H3,(H,16,18)(H,19,20). The molecule has 0 atom stereocenters. The van der Waals surface area contributed by atoms with Gasteiger partial charge in [-0.2, -0.15) is 0 Å². The highest BCUT2D eigenvalue weighted by Gasteiger charge is 2.40. The van der Waals surface area contributed by atoms with Crippen molar-refractivity contribution in [3.8, 4) is 0 Å². The number of nitrogens with one attached hydrogen (secondary N) is 1. The van der Waals surface area contributed by atoms with Crippen molar-refractivity contribution in [3.05, 3.63) is 28.5 Å². The molecule has 0 aliphatic carbocycles. The maximum atomic E-state index is 12.1. The van der Waals surface area contributed by atoms with Crippen molar-refractivity contribution in [2.45, 2.75) is 19.8 Å². The molecule has 1 amide bonds. The lowest BCUT2D eigenvalue weighted by Crippen LogP contribution is -2.46. The van der Waals surface area contributed by atoms with Crippen LogP contribution in [0, 0.1) is 12.3 Å². The van der Waals surface area contributed by atoms with Crippen molar-refractivity contribution in [2.24, 2.45) is 5.41 Å². The highest BCUT2D eigenvalue weighted by Crippen LogP contribution is 2.30. The molecule has 2 rings (SSSR count). The normalized spacial score (nSPS) is 17.2. The molecule has 1 aliphatic rings. The Morgan fingerprint density at radius 1 is 1.43 bits per heavy atom. The van der Waals surface area contributed by atoms with Crippen molar-refractivity contribution >= 4 is 23.5 Å². The first kappa shape index (κ1) is 15.7. The Morgan fingerprint density at radius 3 is 2.67 bits per heavy atom. The number of carbonyl (C=O) groups is 2. The van der Waals surface area contributed by atoms with Crippen LogP contribution in [-0.4, -0.2) is 41.7 Å². The molecule has 0 unspecified atom stereocenters. The minimum atomic E-state index is -0.959. The minimum Gasteiger partial charge on any atom is -0.481 e. The number of aliphatic carboxylic acids is 1. The summed E-state index contributed by atoms with van der Waals surface area (Å²) in [6.45, 7) is 2.59. The van der Waals surface area contributed by atoms with E-state index in [-0.39, 0.29) is 17.6 Å². The number of aromatic nitrogens is 1. The minimum absolute atomic E-state index is 0.0729. The van der Waals surface area contributed by atoms with Gasteiger partial charge >= 0.3 is 5.97 Å². The number of rotatable bonds is 4. The van der Waals surface area contributed by atoms with Gasteiger partial charge in [-0.15, -0.1) is 0 Å². The van der Waals surface area contributed by atoms with E-state index in [2.05, 4.69) is 10.3 Å². The molecular formula is C14H17ClN2O4. The molecule has 0 radical (unpaired) electrons. The number of carbonyl (C=O) groups excluding carboxylic acids is 1. The Balaban J connectivity index is 2.06. The zero-order valence-electron chi connectivity index (χ0n) is 11.7. The van der Waals surface area contributed by atoms with Crippen molar-refractivity contribution in [1.29, 1.82) is 0 Å². The number of ether oxygens (including phenoxy) is 1. The van der Waals surface area contributed by atoms with Gasteiger partial charge in [0, 0.05) is 31.0 Å². The lowest BCUT2D eigenvalue weighted by Gasteiger charge is -2.33. The zero-order chi connectivity index (χ0) is 15.5. The maximum absolute atomic E-state index is 12.1. The lowest BCUT2D eigenvalue weighted by atomic mass is 9.80. The Labute approximate surface area is 127 Å². The molecule has 2 heterocycles. The van der Waals surface area contributed by atoms with Gasteiger partial charge < -0.3 is 15.2 Å². The van der Waals surface area contributed by atoms with Crippen molar-refractivity contribution < 1.29 is 19.4 Å². The number of nitrogens with zero attached hydrogens (tertiary/aromatic N) is 1. The van der Waals surface area contributed by atoms with Crippen LogP contribution in [0.4, 0.5) is 0 Å². The van der Waals surface area contributed by atoms with E-state index >= 15 is 0 Å². The van der Waals surface area contributed by atoms with Gasteiger partial charge in [0.15, 0.2) is 0 Å². The first-order chi connectivity index (χ1) is 9.93. The molecule has 0 spiro atoms. The zero-order valence-corrected chi connectivity index (χ0v) is 12.4. The number of pyridine rings is 1. The molecule has 21 heavy (non-hydrogen) atoms. The number of hydrogen-bond donors (Lipinski definition) is 2. The lowest BCUT2D eigenvalue weighted by molar-refractivity contribution is -0.154. The summed E-state index contributed by atoms with van der Waals surface area (Å²) in [6.07, 6.45) is 0.775. The van der Waals surface area contributed by atoms with Crippen molar-refractivity contribution in [2.75, 3.05) is 19.8 Å². The van der Waals surface area contributed by atoms with E-state index in [9.17, 15) is 14.7 Å². The van der Waals surface area contributed by atoms with Gasteiger partial charge in [0.1, 0.15) is 5.15 Å². The van der Waals surface area contributed by atoms with Crippen LogP contribution in [0.25, 0.3) is 0 Å². The highest BCUT2D eigenvalue weighted by atomic mass is 35.5. The second-order valence-corrected chi connectivity index (χ2v) is 5.59. The average molecular weight is 313 g/mol.